The zero-order valence-electron chi connectivity index (χ0n) is 9.46. The molecule has 0 amide bonds. The van der Waals surface area contributed by atoms with E-state index in [1.807, 2.05) is 18.3 Å². The summed E-state index contributed by atoms with van der Waals surface area (Å²) < 4.78 is 1.78. The molecule has 0 spiro atoms. The Morgan fingerprint density at radius 1 is 1.17 bits per heavy atom. The summed E-state index contributed by atoms with van der Waals surface area (Å²) in [6, 6.07) is 10.4. The third-order valence-corrected chi connectivity index (χ3v) is 3.38. The largest absolute Gasteiger partial charge is 0.236 e. The van der Waals surface area contributed by atoms with Crippen LogP contribution >= 0.6 is 0 Å². The number of hydrogen-bond acceptors (Lipinski definition) is 3. The number of rotatable bonds is 0. The van der Waals surface area contributed by atoms with Crippen LogP contribution in [0.1, 0.15) is 16.7 Å². The first-order chi connectivity index (χ1) is 8.88. The summed E-state index contributed by atoms with van der Waals surface area (Å²) in [6.07, 6.45) is 4.31. The number of benzene rings is 1. The van der Waals surface area contributed by atoms with E-state index < -0.39 is 0 Å². The molecule has 0 radical (unpaired) electrons. The van der Waals surface area contributed by atoms with Gasteiger partial charge < -0.3 is 0 Å². The molecule has 1 aromatic carbocycles. The molecule has 18 heavy (non-hydrogen) atoms. The average molecular weight is 232 g/mol. The molecular formula is C14H8N4. The summed E-state index contributed by atoms with van der Waals surface area (Å²) in [5.41, 5.74) is 5.85. The number of nitriles is 1. The van der Waals surface area contributed by atoms with Gasteiger partial charge in [0, 0.05) is 23.7 Å². The minimum absolute atomic E-state index is 0.516. The van der Waals surface area contributed by atoms with Crippen LogP contribution in [-0.2, 0) is 6.42 Å². The van der Waals surface area contributed by atoms with Gasteiger partial charge in [0.25, 0.3) is 0 Å². The van der Waals surface area contributed by atoms with Crippen LogP contribution in [-0.4, -0.2) is 14.6 Å². The molecule has 2 heterocycles. The van der Waals surface area contributed by atoms with Crippen LogP contribution in [0.5, 0.6) is 0 Å². The fraction of sp³-hybridized carbons (Fsp3) is 0.0714. The molecule has 0 saturated heterocycles. The van der Waals surface area contributed by atoms with Crippen LogP contribution in [0.3, 0.4) is 0 Å². The topological polar surface area (TPSA) is 54.0 Å². The minimum Gasteiger partial charge on any atom is -0.236 e. The quantitative estimate of drug-likeness (QED) is 0.467. The van der Waals surface area contributed by atoms with Crippen molar-refractivity contribution >= 4 is 5.65 Å². The zero-order chi connectivity index (χ0) is 12.1. The predicted molar refractivity (Wildman–Crippen MR) is 65.9 cm³/mol. The molecule has 4 nitrogen and oxygen atoms in total. The second-order valence-electron chi connectivity index (χ2n) is 4.37. The third kappa shape index (κ3) is 1.03. The van der Waals surface area contributed by atoms with E-state index in [0.29, 0.717) is 11.2 Å². The maximum absolute atomic E-state index is 9.02. The summed E-state index contributed by atoms with van der Waals surface area (Å²) in [5, 5.41) is 13.3. The van der Waals surface area contributed by atoms with Crippen molar-refractivity contribution in [3.8, 4) is 17.3 Å². The first-order valence-corrected chi connectivity index (χ1v) is 5.72. The van der Waals surface area contributed by atoms with Crippen molar-refractivity contribution in [2.24, 2.45) is 0 Å². The molecule has 4 rings (SSSR count). The van der Waals surface area contributed by atoms with Crippen molar-refractivity contribution in [1.29, 1.82) is 5.26 Å². The molecule has 0 atom stereocenters. The molecule has 4 heteroatoms. The van der Waals surface area contributed by atoms with Gasteiger partial charge >= 0.3 is 0 Å². The van der Waals surface area contributed by atoms with Crippen molar-refractivity contribution in [1.82, 2.24) is 14.6 Å². The van der Waals surface area contributed by atoms with Gasteiger partial charge in [-0.3, -0.25) is 0 Å². The van der Waals surface area contributed by atoms with E-state index in [2.05, 4.69) is 28.3 Å². The Morgan fingerprint density at radius 2 is 2.06 bits per heavy atom. The fourth-order valence-electron chi connectivity index (χ4n) is 2.57. The summed E-state index contributed by atoms with van der Waals surface area (Å²) in [4.78, 5) is 4.34. The van der Waals surface area contributed by atoms with Gasteiger partial charge in [0.15, 0.2) is 5.65 Å². The first kappa shape index (κ1) is 9.37. The Kier molecular flexibility index (Phi) is 1.65. The Morgan fingerprint density at radius 3 is 2.94 bits per heavy atom. The van der Waals surface area contributed by atoms with Crippen molar-refractivity contribution in [3.05, 3.63) is 53.3 Å². The van der Waals surface area contributed by atoms with Gasteiger partial charge in [-0.15, -0.1) is 0 Å². The molecule has 0 saturated carbocycles. The third-order valence-electron chi connectivity index (χ3n) is 3.38. The molecule has 3 aromatic rings. The molecular weight excluding hydrogens is 224 g/mol. The summed E-state index contributed by atoms with van der Waals surface area (Å²) >= 11 is 0. The summed E-state index contributed by atoms with van der Waals surface area (Å²) in [5.74, 6) is 0. The zero-order valence-corrected chi connectivity index (χ0v) is 9.46. The van der Waals surface area contributed by atoms with E-state index in [1.165, 1.54) is 11.1 Å². The number of nitrogens with zero attached hydrogens (tertiary/aromatic N) is 4. The molecule has 0 aliphatic heterocycles. The lowest BCUT2D eigenvalue weighted by molar-refractivity contribution is 0.940. The van der Waals surface area contributed by atoms with E-state index in [9.17, 15) is 0 Å². The van der Waals surface area contributed by atoms with Gasteiger partial charge in [0.2, 0.25) is 0 Å². The second kappa shape index (κ2) is 3.17. The van der Waals surface area contributed by atoms with Crippen LogP contribution < -0.4 is 0 Å². The lowest BCUT2D eigenvalue weighted by Crippen LogP contribution is -1.97. The van der Waals surface area contributed by atoms with Crippen molar-refractivity contribution < 1.29 is 0 Å². The maximum atomic E-state index is 9.02. The van der Waals surface area contributed by atoms with Gasteiger partial charge in [-0.05, 0) is 5.56 Å². The van der Waals surface area contributed by atoms with Crippen LogP contribution in [0.25, 0.3) is 16.9 Å². The van der Waals surface area contributed by atoms with Crippen LogP contribution in [0.15, 0.2) is 36.7 Å². The molecule has 0 bridgehead atoms. The predicted octanol–water partition coefficient (Wildman–Crippen LogP) is 2.17. The smallest absolute Gasteiger partial charge is 0.173 e. The monoisotopic (exact) mass is 232 g/mol. The van der Waals surface area contributed by atoms with Gasteiger partial charge in [-0.2, -0.15) is 10.4 Å². The highest BCUT2D eigenvalue weighted by molar-refractivity contribution is 5.76. The Hall–Kier alpha value is -2.67. The molecule has 1 aliphatic rings. The normalized spacial score (nSPS) is 12.2. The van der Waals surface area contributed by atoms with E-state index in [-0.39, 0.29) is 0 Å². The number of fused-ring (bicyclic) bond motifs is 5. The van der Waals surface area contributed by atoms with E-state index in [1.54, 1.807) is 10.7 Å². The van der Waals surface area contributed by atoms with Crippen LogP contribution in [0, 0.1) is 11.3 Å². The van der Waals surface area contributed by atoms with Gasteiger partial charge in [-0.1, -0.05) is 24.3 Å². The summed E-state index contributed by atoms with van der Waals surface area (Å²) in [6.45, 7) is 0. The fourth-order valence-corrected chi connectivity index (χ4v) is 2.57. The first-order valence-electron chi connectivity index (χ1n) is 5.72. The van der Waals surface area contributed by atoms with Crippen LogP contribution in [0.2, 0.25) is 0 Å². The van der Waals surface area contributed by atoms with Crippen LogP contribution in [0.4, 0.5) is 0 Å². The Balaban J connectivity index is 2.15. The van der Waals surface area contributed by atoms with Crippen molar-refractivity contribution in [3.63, 3.8) is 0 Å². The highest BCUT2D eigenvalue weighted by atomic mass is 15.3. The molecule has 1 aliphatic carbocycles. The van der Waals surface area contributed by atoms with Crippen molar-refractivity contribution in [2.75, 3.05) is 0 Å². The van der Waals surface area contributed by atoms with Gasteiger partial charge in [0.1, 0.15) is 11.6 Å². The van der Waals surface area contributed by atoms with Crippen molar-refractivity contribution in [2.45, 2.75) is 6.42 Å². The molecule has 84 valence electrons. The van der Waals surface area contributed by atoms with E-state index in [0.717, 1.165) is 17.7 Å². The average Bonchev–Trinajstić information content (AvgIpc) is 2.98. The SMILES string of the molecule is N#Cc1cnn2c3c(cnc12)Cc1ccccc1-3. The highest BCUT2D eigenvalue weighted by Gasteiger charge is 2.22. The molecule has 0 fully saturated rings. The standard InChI is InChI=1S/C14H8N4/c15-6-11-8-17-18-13-10(7-16-14(11)18)5-9-3-1-2-4-12(9)13/h1-4,7-8H,5H2. The number of aromatic nitrogens is 3. The summed E-state index contributed by atoms with van der Waals surface area (Å²) in [7, 11) is 0. The van der Waals surface area contributed by atoms with E-state index >= 15 is 0 Å². The number of hydrogen-bond donors (Lipinski definition) is 0. The second-order valence-corrected chi connectivity index (χ2v) is 4.37. The van der Waals surface area contributed by atoms with E-state index in [4.69, 9.17) is 5.26 Å². The Bertz CT molecular complexity index is 823. The highest BCUT2D eigenvalue weighted by Crippen LogP contribution is 2.36. The Labute approximate surface area is 103 Å². The maximum Gasteiger partial charge on any atom is 0.173 e. The molecule has 0 unspecified atom stereocenters. The lowest BCUT2D eigenvalue weighted by atomic mass is 10.1. The minimum atomic E-state index is 0.516. The molecule has 0 N–H and O–H groups in total. The lowest BCUT2D eigenvalue weighted by Gasteiger charge is -2.03. The molecule has 2 aromatic heterocycles. The van der Waals surface area contributed by atoms with Gasteiger partial charge in [0.05, 0.1) is 11.9 Å². The van der Waals surface area contributed by atoms with Gasteiger partial charge in [-0.25, -0.2) is 9.50 Å².